The maximum atomic E-state index is 11.7. The first kappa shape index (κ1) is 16.1. The summed E-state index contributed by atoms with van der Waals surface area (Å²) in [5, 5.41) is 0. The van der Waals surface area contributed by atoms with Crippen molar-refractivity contribution in [1.29, 1.82) is 0 Å². The summed E-state index contributed by atoms with van der Waals surface area (Å²) in [6.07, 6.45) is 2.50. The lowest BCUT2D eigenvalue weighted by atomic mass is 10.2. The molecule has 0 N–H and O–H groups in total. The van der Waals surface area contributed by atoms with Crippen molar-refractivity contribution in [2.45, 2.75) is 18.4 Å². The number of ether oxygens (including phenoxy) is 2. The van der Waals surface area contributed by atoms with E-state index in [0.29, 0.717) is 17.1 Å². The molecule has 118 valence electrons. The quantitative estimate of drug-likeness (QED) is 0.759. The van der Waals surface area contributed by atoms with Gasteiger partial charge in [0.1, 0.15) is 17.9 Å². The molecule has 0 fully saturated rings. The predicted molar refractivity (Wildman–Crippen MR) is 78.5 cm³/mol. The van der Waals surface area contributed by atoms with Gasteiger partial charge in [-0.1, -0.05) is 6.07 Å². The highest BCUT2D eigenvalue weighted by Gasteiger charge is 2.16. The highest BCUT2D eigenvalue weighted by atomic mass is 32.2. The van der Waals surface area contributed by atoms with Crippen molar-refractivity contribution >= 4 is 15.8 Å². The average molecular weight is 324 g/mol. The number of esters is 1. The molecule has 1 aromatic carbocycles. The first-order chi connectivity index (χ1) is 10.4. The van der Waals surface area contributed by atoms with Crippen molar-refractivity contribution in [3.05, 3.63) is 47.9 Å². The van der Waals surface area contributed by atoms with Crippen LogP contribution in [0.2, 0.25) is 0 Å². The van der Waals surface area contributed by atoms with Gasteiger partial charge >= 0.3 is 5.97 Å². The minimum Gasteiger partial charge on any atom is -0.486 e. The van der Waals surface area contributed by atoms with E-state index in [2.05, 4.69) is 0 Å². The van der Waals surface area contributed by atoms with Crippen LogP contribution in [-0.2, 0) is 21.2 Å². The van der Waals surface area contributed by atoms with Crippen LogP contribution in [0.25, 0.3) is 0 Å². The van der Waals surface area contributed by atoms with Gasteiger partial charge in [-0.15, -0.1) is 0 Å². The minimum atomic E-state index is -3.30. The second kappa shape index (κ2) is 6.65. The van der Waals surface area contributed by atoms with Gasteiger partial charge in [0, 0.05) is 6.26 Å². The second-order valence-corrected chi connectivity index (χ2v) is 6.53. The molecule has 2 aromatic rings. The lowest BCUT2D eigenvalue weighted by Gasteiger charge is -2.07. The minimum absolute atomic E-state index is 0.00559. The molecule has 0 aliphatic rings. The van der Waals surface area contributed by atoms with Crippen LogP contribution in [0.3, 0.4) is 0 Å². The average Bonchev–Trinajstić information content (AvgIpc) is 2.93. The van der Waals surface area contributed by atoms with Gasteiger partial charge in [-0.3, -0.25) is 0 Å². The number of carbonyl (C=O) groups is 1. The van der Waals surface area contributed by atoms with Gasteiger partial charge in [-0.05, 0) is 31.2 Å². The molecule has 0 radical (unpaired) electrons. The molecule has 0 unspecified atom stereocenters. The van der Waals surface area contributed by atoms with Crippen molar-refractivity contribution in [1.82, 2.24) is 0 Å². The number of sulfone groups is 1. The first-order valence-corrected chi connectivity index (χ1v) is 8.47. The highest BCUT2D eigenvalue weighted by Crippen LogP contribution is 2.20. The summed E-state index contributed by atoms with van der Waals surface area (Å²) in [6.45, 7) is 1.97. The third-order valence-electron chi connectivity index (χ3n) is 2.84. The molecule has 1 heterocycles. The topological polar surface area (TPSA) is 82.8 Å². The van der Waals surface area contributed by atoms with Gasteiger partial charge in [-0.2, -0.15) is 0 Å². The zero-order valence-electron chi connectivity index (χ0n) is 12.2. The van der Waals surface area contributed by atoms with E-state index in [9.17, 15) is 13.2 Å². The van der Waals surface area contributed by atoms with E-state index in [0.717, 1.165) is 6.26 Å². The zero-order chi connectivity index (χ0) is 16.2. The van der Waals surface area contributed by atoms with E-state index >= 15 is 0 Å². The maximum Gasteiger partial charge on any atom is 0.341 e. The first-order valence-electron chi connectivity index (χ1n) is 6.58. The molecule has 6 nitrogen and oxygen atoms in total. The molecule has 0 amide bonds. The number of hydrogen-bond donors (Lipinski definition) is 0. The van der Waals surface area contributed by atoms with Crippen LogP contribution in [-0.4, -0.2) is 27.2 Å². The lowest BCUT2D eigenvalue weighted by Crippen LogP contribution is -2.07. The van der Waals surface area contributed by atoms with Crippen molar-refractivity contribution < 1.29 is 27.1 Å². The fraction of sp³-hybridized carbons (Fsp3) is 0.267. The third kappa shape index (κ3) is 3.88. The Labute approximate surface area is 128 Å². The van der Waals surface area contributed by atoms with Gasteiger partial charge in [0.05, 0.1) is 17.8 Å². The monoisotopic (exact) mass is 324 g/mol. The Kier molecular flexibility index (Phi) is 4.87. The summed E-state index contributed by atoms with van der Waals surface area (Å²) < 4.78 is 38.6. The van der Waals surface area contributed by atoms with E-state index in [1.54, 1.807) is 19.1 Å². The van der Waals surface area contributed by atoms with E-state index in [1.165, 1.54) is 24.5 Å². The van der Waals surface area contributed by atoms with Gasteiger partial charge in [0.25, 0.3) is 0 Å². The fourth-order valence-electron chi connectivity index (χ4n) is 1.79. The highest BCUT2D eigenvalue weighted by molar-refractivity contribution is 7.90. The Bertz CT molecular complexity index is 760. The molecule has 0 saturated carbocycles. The Morgan fingerprint density at radius 3 is 2.73 bits per heavy atom. The van der Waals surface area contributed by atoms with Crippen LogP contribution in [0.1, 0.15) is 23.0 Å². The van der Waals surface area contributed by atoms with Gasteiger partial charge in [-0.25, -0.2) is 13.2 Å². The second-order valence-electron chi connectivity index (χ2n) is 4.51. The molecule has 0 aliphatic heterocycles. The predicted octanol–water partition coefficient (Wildman–Crippen LogP) is 2.44. The van der Waals surface area contributed by atoms with Crippen molar-refractivity contribution in [3.8, 4) is 5.75 Å². The Balaban J connectivity index is 2.11. The Hall–Kier alpha value is -2.28. The van der Waals surface area contributed by atoms with Crippen LogP contribution < -0.4 is 4.74 Å². The summed E-state index contributed by atoms with van der Waals surface area (Å²) in [4.78, 5) is 11.9. The lowest BCUT2D eigenvalue weighted by molar-refractivity contribution is 0.0521. The molecule has 0 spiro atoms. The fourth-order valence-corrected chi connectivity index (χ4v) is 2.44. The molecule has 0 saturated heterocycles. The van der Waals surface area contributed by atoms with E-state index in [-0.39, 0.29) is 18.1 Å². The van der Waals surface area contributed by atoms with Gasteiger partial charge in [0.2, 0.25) is 0 Å². The Morgan fingerprint density at radius 2 is 2.05 bits per heavy atom. The van der Waals surface area contributed by atoms with Crippen molar-refractivity contribution in [2.24, 2.45) is 0 Å². The van der Waals surface area contributed by atoms with Crippen molar-refractivity contribution in [2.75, 3.05) is 12.9 Å². The molecular weight excluding hydrogens is 308 g/mol. The van der Waals surface area contributed by atoms with E-state index in [1.807, 2.05) is 0 Å². The summed E-state index contributed by atoms with van der Waals surface area (Å²) in [7, 11) is -3.30. The van der Waals surface area contributed by atoms with Crippen LogP contribution in [0, 0.1) is 0 Å². The number of hydrogen-bond acceptors (Lipinski definition) is 6. The molecule has 0 atom stereocenters. The number of carbonyl (C=O) groups excluding carboxylic acids is 1. The standard InChI is InChI=1S/C15H16O6S/c1-3-19-15(16)13-7-8-20-14(13)10-21-11-5-4-6-12(9-11)22(2,17)18/h4-9H,3,10H2,1-2H3. The van der Waals surface area contributed by atoms with Gasteiger partial charge in [0.15, 0.2) is 15.6 Å². The molecular formula is C15H16O6S. The molecule has 0 aliphatic carbocycles. The molecule has 7 heteroatoms. The largest absolute Gasteiger partial charge is 0.486 e. The van der Waals surface area contributed by atoms with E-state index < -0.39 is 15.8 Å². The number of rotatable bonds is 6. The van der Waals surface area contributed by atoms with Crippen molar-refractivity contribution in [3.63, 3.8) is 0 Å². The Morgan fingerprint density at radius 1 is 1.27 bits per heavy atom. The molecule has 2 rings (SSSR count). The van der Waals surface area contributed by atoms with Crippen LogP contribution in [0.5, 0.6) is 5.75 Å². The molecule has 0 bridgehead atoms. The number of furan rings is 1. The van der Waals surface area contributed by atoms with Crippen LogP contribution in [0.4, 0.5) is 0 Å². The summed E-state index contributed by atoms with van der Waals surface area (Å²) in [5.74, 6) is 0.206. The van der Waals surface area contributed by atoms with Gasteiger partial charge < -0.3 is 13.9 Å². The van der Waals surface area contributed by atoms with Crippen LogP contribution >= 0.6 is 0 Å². The molecule has 1 aromatic heterocycles. The smallest absolute Gasteiger partial charge is 0.341 e. The zero-order valence-corrected chi connectivity index (χ0v) is 13.1. The van der Waals surface area contributed by atoms with Crippen LogP contribution in [0.15, 0.2) is 45.9 Å². The third-order valence-corrected chi connectivity index (χ3v) is 3.95. The SMILES string of the molecule is CCOC(=O)c1ccoc1COc1cccc(S(C)(=O)=O)c1. The normalized spacial score (nSPS) is 11.2. The maximum absolute atomic E-state index is 11.7. The molecule has 22 heavy (non-hydrogen) atoms. The summed E-state index contributed by atoms with van der Waals surface area (Å²) in [5.41, 5.74) is 0.293. The summed E-state index contributed by atoms with van der Waals surface area (Å²) >= 11 is 0. The number of benzene rings is 1. The van der Waals surface area contributed by atoms with E-state index in [4.69, 9.17) is 13.9 Å². The summed E-state index contributed by atoms with van der Waals surface area (Å²) in [6, 6.07) is 7.62.